The van der Waals surface area contributed by atoms with Crippen molar-refractivity contribution in [1.82, 2.24) is 4.98 Å². The third kappa shape index (κ3) is 3.12. The lowest BCUT2D eigenvalue weighted by Crippen LogP contribution is -2.03. The fourth-order valence-corrected chi connectivity index (χ4v) is 3.06. The molecule has 19 heavy (non-hydrogen) atoms. The minimum Gasteiger partial charge on any atom is -0.395 e. The molecule has 0 aliphatic carbocycles. The molecular formula is C14H18N4S. The second-order valence-corrected chi connectivity index (χ2v) is 5.51. The predicted molar refractivity (Wildman–Crippen MR) is 82.8 cm³/mol. The van der Waals surface area contributed by atoms with Crippen molar-refractivity contribution in [2.75, 3.05) is 17.2 Å². The molecule has 0 saturated carbocycles. The predicted octanol–water partition coefficient (Wildman–Crippen LogP) is 3.07. The van der Waals surface area contributed by atoms with E-state index < -0.39 is 0 Å². The van der Waals surface area contributed by atoms with Gasteiger partial charge in [-0.1, -0.05) is 37.3 Å². The van der Waals surface area contributed by atoms with Crippen LogP contribution in [0.4, 0.5) is 17.3 Å². The molecule has 0 amide bonds. The molecule has 6 N–H and O–H groups in total. The normalized spacial score (nSPS) is 12.3. The number of nitrogens with two attached hydrogens (primary N) is 3. The number of benzene rings is 1. The van der Waals surface area contributed by atoms with E-state index in [4.69, 9.17) is 17.2 Å². The van der Waals surface area contributed by atoms with Crippen molar-refractivity contribution in [1.29, 1.82) is 0 Å². The third-order valence-corrected chi connectivity index (χ3v) is 4.36. The van der Waals surface area contributed by atoms with Gasteiger partial charge in [0.2, 0.25) is 0 Å². The summed E-state index contributed by atoms with van der Waals surface area (Å²) in [4.78, 5) is 4.85. The maximum Gasteiger partial charge on any atom is 0.150 e. The minimum atomic E-state index is 0.297. The van der Waals surface area contributed by atoms with Crippen LogP contribution in [0.3, 0.4) is 0 Å². The highest BCUT2D eigenvalue weighted by molar-refractivity contribution is 7.99. The number of thioether (sulfide) groups is 1. The number of hydrogen-bond acceptors (Lipinski definition) is 5. The SMILES string of the molecule is CCC(Sc1cc(N)nc(N)c1N)c1ccccc1. The van der Waals surface area contributed by atoms with Crippen LogP contribution in [0.1, 0.15) is 24.2 Å². The minimum absolute atomic E-state index is 0.297. The van der Waals surface area contributed by atoms with Crippen LogP contribution < -0.4 is 17.2 Å². The van der Waals surface area contributed by atoms with Crippen molar-refractivity contribution in [2.24, 2.45) is 0 Å². The number of aromatic nitrogens is 1. The molecule has 0 saturated heterocycles. The molecule has 100 valence electrons. The van der Waals surface area contributed by atoms with Crippen LogP contribution >= 0.6 is 11.8 Å². The Morgan fingerprint density at radius 3 is 2.47 bits per heavy atom. The van der Waals surface area contributed by atoms with Crippen LogP contribution in [-0.2, 0) is 0 Å². The van der Waals surface area contributed by atoms with Gasteiger partial charge in [0.05, 0.1) is 5.69 Å². The molecule has 1 aromatic carbocycles. The third-order valence-electron chi connectivity index (χ3n) is 2.88. The number of nitrogen functional groups attached to an aromatic ring is 3. The number of anilines is 3. The molecule has 2 aromatic rings. The first kappa shape index (κ1) is 13.5. The highest BCUT2D eigenvalue weighted by Gasteiger charge is 2.14. The number of rotatable bonds is 4. The molecular weight excluding hydrogens is 256 g/mol. The fourth-order valence-electron chi connectivity index (χ4n) is 1.88. The van der Waals surface area contributed by atoms with Gasteiger partial charge in [0, 0.05) is 10.1 Å². The van der Waals surface area contributed by atoms with E-state index in [0.29, 0.717) is 22.6 Å². The smallest absolute Gasteiger partial charge is 0.150 e. The lowest BCUT2D eigenvalue weighted by Gasteiger charge is -2.17. The summed E-state index contributed by atoms with van der Waals surface area (Å²) >= 11 is 1.67. The first-order chi connectivity index (χ1) is 9.11. The zero-order valence-electron chi connectivity index (χ0n) is 10.8. The highest BCUT2D eigenvalue weighted by Crippen LogP contribution is 2.41. The lowest BCUT2D eigenvalue weighted by molar-refractivity contribution is 0.895. The van der Waals surface area contributed by atoms with Crippen LogP contribution in [-0.4, -0.2) is 4.98 Å². The maximum absolute atomic E-state index is 5.97. The van der Waals surface area contributed by atoms with Crippen LogP contribution in [0, 0.1) is 0 Å². The van der Waals surface area contributed by atoms with E-state index in [-0.39, 0.29) is 0 Å². The Kier molecular flexibility index (Phi) is 4.16. The molecule has 0 bridgehead atoms. The van der Waals surface area contributed by atoms with E-state index in [1.165, 1.54) is 5.56 Å². The summed E-state index contributed by atoms with van der Waals surface area (Å²) in [6.45, 7) is 2.15. The second-order valence-electron chi connectivity index (χ2n) is 4.27. The zero-order chi connectivity index (χ0) is 13.8. The Balaban J connectivity index is 2.29. The number of pyridine rings is 1. The Hall–Kier alpha value is -1.88. The number of nitrogens with zero attached hydrogens (tertiary/aromatic N) is 1. The molecule has 0 fully saturated rings. The molecule has 1 unspecified atom stereocenters. The Bertz CT molecular complexity index is 557. The van der Waals surface area contributed by atoms with Gasteiger partial charge in [-0.3, -0.25) is 0 Å². The van der Waals surface area contributed by atoms with Gasteiger partial charge >= 0.3 is 0 Å². The van der Waals surface area contributed by atoms with Crippen LogP contribution in [0.5, 0.6) is 0 Å². The second kappa shape index (κ2) is 5.84. The van der Waals surface area contributed by atoms with Gasteiger partial charge in [-0.15, -0.1) is 11.8 Å². The van der Waals surface area contributed by atoms with E-state index in [1.807, 2.05) is 18.2 Å². The molecule has 0 radical (unpaired) electrons. The Morgan fingerprint density at radius 2 is 1.84 bits per heavy atom. The summed E-state index contributed by atoms with van der Waals surface area (Å²) in [6.07, 6.45) is 0.996. The summed E-state index contributed by atoms with van der Waals surface area (Å²) in [6, 6.07) is 12.1. The van der Waals surface area contributed by atoms with Gasteiger partial charge in [0.15, 0.2) is 0 Å². The van der Waals surface area contributed by atoms with E-state index >= 15 is 0 Å². The van der Waals surface area contributed by atoms with Crippen molar-refractivity contribution in [3.05, 3.63) is 42.0 Å². The molecule has 0 aliphatic heterocycles. The summed E-state index contributed by atoms with van der Waals surface area (Å²) in [5.74, 6) is 0.697. The summed E-state index contributed by atoms with van der Waals surface area (Å²) < 4.78 is 0. The first-order valence-electron chi connectivity index (χ1n) is 6.15. The van der Waals surface area contributed by atoms with Crippen molar-refractivity contribution in [3.8, 4) is 0 Å². The van der Waals surface area contributed by atoms with Gasteiger partial charge in [-0.2, -0.15) is 0 Å². The zero-order valence-corrected chi connectivity index (χ0v) is 11.7. The van der Waals surface area contributed by atoms with Crippen LogP contribution in [0.25, 0.3) is 0 Å². The summed E-state index contributed by atoms with van der Waals surface area (Å²) in [5.41, 5.74) is 19.2. The van der Waals surface area contributed by atoms with Gasteiger partial charge in [-0.05, 0) is 18.1 Å². The Labute approximate surface area is 117 Å². The van der Waals surface area contributed by atoms with E-state index in [2.05, 4.69) is 24.0 Å². The largest absolute Gasteiger partial charge is 0.395 e. The van der Waals surface area contributed by atoms with E-state index in [0.717, 1.165) is 11.3 Å². The average Bonchev–Trinajstić information content (AvgIpc) is 2.42. The van der Waals surface area contributed by atoms with Gasteiger partial charge in [0.25, 0.3) is 0 Å². The lowest BCUT2D eigenvalue weighted by atomic mass is 10.1. The first-order valence-corrected chi connectivity index (χ1v) is 7.02. The summed E-state index contributed by atoms with van der Waals surface area (Å²) in [5, 5.41) is 0.324. The quantitative estimate of drug-likeness (QED) is 0.745. The van der Waals surface area contributed by atoms with Crippen LogP contribution in [0.2, 0.25) is 0 Å². The molecule has 1 atom stereocenters. The van der Waals surface area contributed by atoms with Crippen molar-refractivity contribution < 1.29 is 0 Å². The van der Waals surface area contributed by atoms with Gasteiger partial charge < -0.3 is 17.2 Å². The van der Waals surface area contributed by atoms with Crippen molar-refractivity contribution in [2.45, 2.75) is 23.5 Å². The van der Waals surface area contributed by atoms with Gasteiger partial charge in [0.1, 0.15) is 11.6 Å². The highest BCUT2D eigenvalue weighted by atomic mass is 32.2. The molecule has 5 heteroatoms. The molecule has 2 rings (SSSR count). The average molecular weight is 274 g/mol. The Morgan fingerprint density at radius 1 is 1.16 bits per heavy atom. The van der Waals surface area contributed by atoms with Crippen molar-refractivity contribution >= 4 is 29.1 Å². The molecule has 0 aliphatic rings. The molecule has 1 heterocycles. The monoisotopic (exact) mass is 274 g/mol. The topological polar surface area (TPSA) is 90.9 Å². The van der Waals surface area contributed by atoms with E-state index in [1.54, 1.807) is 17.8 Å². The molecule has 4 nitrogen and oxygen atoms in total. The van der Waals surface area contributed by atoms with Crippen molar-refractivity contribution in [3.63, 3.8) is 0 Å². The molecule has 0 spiro atoms. The summed E-state index contributed by atoms with van der Waals surface area (Å²) in [7, 11) is 0. The van der Waals surface area contributed by atoms with Crippen LogP contribution in [0.15, 0.2) is 41.3 Å². The van der Waals surface area contributed by atoms with Gasteiger partial charge in [-0.25, -0.2) is 4.98 Å². The van der Waals surface area contributed by atoms with E-state index in [9.17, 15) is 0 Å². The fraction of sp³-hybridized carbons (Fsp3) is 0.214. The standard InChI is InChI=1S/C14H18N4S/c1-2-10(9-6-4-3-5-7-9)19-11-8-12(15)18-14(17)13(11)16/h3-8,10H,2,16H2,1H3,(H4,15,17,18). The number of hydrogen-bond donors (Lipinski definition) is 3. The maximum atomic E-state index is 5.97. The molecule has 1 aromatic heterocycles.